The third kappa shape index (κ3) is 16.8. The molecule has 0 aromatic carbocycles. The molecule has 0 aliphatic carbocycles. The van der Waals surface area contributed by atoms with Crippen LogP contribution in [0, 0.1) is 0 Å². The molecule has 0 N–H and O–H groups in total. The van der Waals surface area contributed by atoms with E-state index in [1.54, 1.807) is 38.4 Å². The second-order valence-corrected chi connectivity index (χ2v) is 13.0. The summed E-state index contributed by atoms with van der Waals surface area (Å²) in [6.45, 7) is 8.32. The maximum absolute atomic E-state index is 13.0. The fourth-order valence-electron chi connectivity index (χ4n) is 2.98. The molecule has 0 fully saturated rings. The van der Waals surface area contributed by atoms with Crippen molar-refractivity contribution in [3.63, 3.8) is 0 Å². The molecule has 0 aromatic heterocycles. The molecule has 0 saturated heterocycles. The molecule has 0 aliphatic heterocycles. The van der Waals surface area contributed by atoms with Crippen LogP contribution < -0.4 is 0 Å². The molecule has 0 bridgehead atoms. The molecule has 1 unspecified atom stereocenters. The minimum absolute atomic E-state index is 0.204. The molecule has 0 saturated carbocycles. The van der Waals surface area contributed by atoms with Crippen molar-refractivity contribution in [2.24, 2.45) is 0 Å². The average molecular weight is 471 g/mol. The van der Waals surface area contributed by atoms with Gasteiger partial charge < -0.3 is 13.6 Å². The average Bonchev–Trinajstić information content (AvgIpc) is 2.65. The Morgan fingerprint density at radius 2 is 1.17 bits per heavy atom. The molecule has 0 aliphatic rings. The lowest BCUT2D eigenvalue weighted by Gasteiger charge is -2.21. The zero-order valence-corrected chi connectivity index (χ0v) is 21.7. The van der Waals surface area contributed by atoms with E-state index < -0.39 is 15.0 Å². The minimum Gasteiger partial charge on any atom is -0.326 e. The number of rotatable bonds is 21. The quantitative estimate of drug-likeness (QED) is 0.124. The lowest BCUT2D eigenvalue weighted by atomic mass is 10.1. The second kappa shape index (κ2) is 19.1. The van der Waals surface area contributed by atoms with Crippen molar-refractivity contribution in [3.05, 3.63) is 11.2 Å². The van der Waals surface area contributed by atoms with Gasteiger partial charge in [0.05, 0.1) is 19.8 Å². The molecule has 174 valence electrons. The summed E-state index contributed by atoms with van der Waals surface area (Å²) < 4.78 is 41.7. The van der Waals surface area contributed by atoms with Gasteiger partial charge in [0.15, 0.2) is 0 Å². The van der Waals surface area contributed by atoms with Gasteiger partial charge in [-0.05, 0) is 38.4 Å². The van der Waals surface area contributed by atoms with E-state index in [-0.39, 0.29) is 19.1 Å². The van der Waals surface area contributed by atoms with Gasteiger partial charge in [0.25, 0.3) is 0 Å². The molecular formula is C21H44O5P2S. The van der Waals surface area contributed by atoms with Crippen LogP contribution in [0.4, 0.5) is 0 Å². The van der Waals surface area contributed by atoms with E-state index in [2.05, 4.69) is 6.92 Å². The highest BCUT2D eigenvalue weighted by Gasteiger charge is 2.35. The highest BCUT2D eigenvalue weighted by atomic mass is 32.2. The summed E-state index contributed by atoms with van der Waals surface area (Å²) in [4.78, 5) is 0. The normalized spacial score (nSPS) is 14.5. The van der Waals surface area contributed by atoms with Crippen LogP contribution in [-0.4, -0.2) is 31.5 Å². The van der Waals surface area contributed by atoms with Crippen molar-refractivity contribution in [2.45, 2.75) is 91.9 Å². The lowest BCUT2D eigenvalue weighted by molar-refractivity contribution is 0.222. The monoisotopic (exact) mass is 470 g/mol. The standard InChI is InChI=1S/C21H44O5P2S/c1-5-9-10-11-12-13-14-15-16-17-19-29-20-18-27(22,24-6-2)21-28(23,25-7-3)26-8-4/h18,20H,5-17,19,21H2,1-4H3/b20-18+. The van der Waals surface area contributed by atoms with Crippen LogP contribution in [-0.2, 0) is 22.7 Å². The molecule has 0 heterocycles. The Morgan fingerprint density at radius 1 is 0.690 bits per heavy atom. The molecule has 0 rings (SSSR count). The Hall–Kier alpha value is 0.430. The molecule has 5 nitrogen and oxygen atoms in total. The van der Waals surface area contributed by atoms with E-state index in [0.717, 1.165) is 12.2 Å². The molecule has 0 radical (unpaired) electrons. The van der Waals surface area contributed by atoms with Crippen molar-refractivity contribution in [2.75, 3.05) is 31.5 Å². The Labute approximate surface area is 184 Å². The highest BCUT2D eigenvalue weighted by molar-refractivity contribution is 8.02. The summed E-state index contributed by atoms with van der Waals surface area (Å²) in [6, 6.07) is 0. The van der Waals surface area contributed by atoms with Gasteiger partial charge in [-0.2, -0.15) is 0 Å². The lowest BCUT2D eigenvalue weighted by Crippen LogP contribution is -2.02. The van der Waals surface area contributed by atoms with Gasteiger partial charge in [-0.15, -0.1) is 11.8 Å². The summed E-state index contributed by atoms with van der Waals surface area (Å²) in [6.07, 6.45) is 13.2. The fourth-order valence-corrected chi connectivity index (χ4v) is 9.25. The minimum atomic E-state index is -3.41. The highest BCUT2D eigenvalue weighted by Crippen LogP contribution is 2.64. The fraction of sp³-hybridized carbons (Fsp3) is 0.905. The predicted molar refractivity (Wildman–Crippen MR) is 128 cm³/mol. The van der Waals surface area contributed by atoms with Crippen molar-refractivity contribution >= 4 is 26.7 Å². The van der Waals surface area contributed by atoms with Crippen molar-refractivity contribution in [1.82, 2.24) is 0 Å². The number of hydrogen-bond acceptors (Lipinski definition) is 6. The second-order valence-electron chi connectivity index (χ2n) is 7.07. The van der Waals surface area contributed by atoms with E-state index in [1.165, 1.54) is 57.8 Å². The largest absolute Gasteiger partial charge is 0.340 e. The van der Waals surface area contributed by atoms with Gasteiger partial charge in [-0.1, -0.05) is 64.7 Å². The number of hydrogen-bond donors (Lipinski definition) is 0. The van der Waals surface area contributed by atoms with E-state index in [1.807, 2.05) is 5.41 Å². The summed E-state index contributed by atoms with van der Waals surface area (Å²) in [5.74, 6) is 2.36. The first-order valence-corrected chi connectivity index (χ1v) is 16.0. The summed E-state index contributed by atoms with van der Waals surface area (Å²) in [5, 5.41) is 1.83. The number of unbranched alkanes of at least 4 members (excludes halogenated alkanes) is 9. The van der Waals surface area contributed by atoms with Crippen molar-refractivity contribution in [1.29, 1.82) is 0 Å². The maximum atomic E-state index is 13.0. The first-order valence-electron chi connectivity index (χ1n) is 11.4. The van der Waals surface area contributed by atoms with Gasteiger partial charge >= 0.3 is 7.60 Å². The topological polar surface area (TPSA) is 61.8 Å². The van der Waals surface area contributed by atoms with Gasteiger partial charge in [-0.3, -0.25) is 9.13 Å². The molecule has 0 amide bonds. The van der Waals surface area contributed by atoms with Crippen LogP contribution >= 0.6 is 26.7 Å². The van der Waals surface area contributed by atoms with E-state index >= 15 is 0 Å². The molecule has 29 heavy (non-hydrogen) atoms. The molecule has 0 spiro atoms. The first kappa shape index (κ1) is 29.4. The van der Waals surface area contributed by atoms with Crippen LogP contribution in [0.5, 0.6) is 0 Å². The van der Waals surface area contributed by atoms with Crippen molar-refractivity contribution < 1.29 is 22.7 Å². The molecule has 1 atom stereocenters. The van der Waals surface area contributed by atoms with Crippen LogP contribution in [0.1, 0.15) is 91.9 Å². The van der Waals surface area contributed by atoms with E-state index in [9.17, 15) is 9.13 Å². The van der Waals surface area contributed by atoms with E-state index in [4.69, 9.17) is 13.6 Å². The third-order valence-electron chi connectivity index (χ3n) is 4.37. The molecule has 8 heteroatoms. The summed E-state index contributed by atoms with van der Waals surface area (Å²) in [7, 11) is -6.60. The van der Waals surface area contributed by atoms with Gasteiger partial charge in [0.1, 0.15) is 5.90 Å². The maximum Gasteiger partial charge on any atom is 0.340 e. The van der Waals surface area contributed by atoms with Gasteiger partial charge in [-0.25, -0.2) is 0 Å². The Bertz CT molecular complexity index is 489. The zero-order chi connectivity index (χ0) is 21.8. The van der Waals surface area contributed by atoms with Crippen LogP contribution in [0.2, 0.25) is 0 Å². The molecular weight excluding hydrogens is 426 g/mol. The van der Waals surface area contributed by atoms with Crippen LogP contribution in [0.15, 0.2) is 11.2 Å². The van der Waals surface area contributed by atoms with E-state index in [0.29, 0.717) is 6.61 Å². The predicted octanol–water partition coefficient (Wildman–Crippen LogP) is 8.65. The zero-order valence-electron chi connectivity index (χ0n) is 19.1. The summed E-state index contributed by atoms with van der Waals surface area (Å²) >= 11 is 1.63. The van der Waals surface area contributed by atoms with Gasteiger partial charge in [0, 0.05) is 5.82 Å². The Balaban J connectivity index is 4.12. The first-order chi connectivity index (χ1) is 13.9. The van der Waals surface area contributed by atoms with Crippen LogP contribution in [0.3, 0.4) is 0 Å². The SMILES string of the molecule is CCCCCCCCCCCCS/C=C/P(=O)(CP(=O)(OCC)OCC)OCC. The summed E-state index contributed by atoms with van der Waals surface area (Å²) in [5.41, 5.74) is 0. The van der Waals surface area contributed by atoms with Gasteiger partial charge in [0.2, 0.25) is 7.37 Å². The third-order valence-corrected chi connectivity index (χ3v) is 11.0. The van der Waals surface area contributed by atoms with Crippen molar-refractivity contribution in [3.8, 4) is 0 Å². The smallest absolute Gasteiger partial charge is 0.326 e. The Kier molecular flexibility index (Phi) is 19.4. The molecule has 0 aromatic rings. The van der Waals surface area contributed by atoms with Crippen LogP contribution in [0.25, 0.3) is 0 Å². The Morgan fingerprint density at radius 3 is 1.66 bits per heavy atom. The number of thioether (sulfide) groups is 1.